The SMILES string of the molecule is CCNC(=NCc1ccc(NC(=O)c2ccco2)cc1)NCC1CCCO1.I. The van der Waals surface area contributed by atoms with Crippen molar-refractivity contribution in [1.29, 1.82) is 0 Å². The first kappa shape index (κ1) is 22.2. The summed E-state index contributed by atoms with van der Waals surface area (Å²) in [6.45, 7) is 5.01. The molecule has 28 heavy (non-hydrogen) atoms. The van der Waals surface area contributed by atoms with E-state index in [1.165, 1.54) is 6.26 Å². The third kappa shape index (κ3) is 6.83. The van der Waals surface area contributed by atoms with E-state index in [-0.39, 0.29) is 41.7 Å². The first-order chi connectivity index (χ1) is 13.2. The smallest absolute Gasteiger partial charge is 0.291 e. The van der Waals surface area contributed by atoms with Gasteiger partial charge >= 0.3 is 0 Å². The summed E-state index contributed by atoms with van der Waals surface area (Å²) in [5.74, 6) is 0.804. The van der Waals surface area contributed by atoms with E-state index in [0.29, 0.717) is 12.2 Å². The topological polar surface area (TPSA) is 87.9 Å². The molecule has 0 aliphatic carbocycles. The number of furan rings is 1. The first-order valence-electron chi connectivity index (χ1n) is 9.32. The molecule has 3 N–H and O–H groups in total. The number of carbonyl (C=O) groups is 1. The molecule has 1 unspecified atom stereocenters. The molecule has 2 heterocycles. The number of nitrogens with one attached hydrogen (secondary N) is 3. The van der Waals surface area contributed by atoms with E-state index in [1.54, 1.807) is 12.1 Å². The van der Waals surface area contributed by atoms with Gasteiger partial charge in [0.25, 0.3) is 5.91 Å². The Kier molecular flexibility index (Phi) is 9.29. The van der Waals surface area contributed by atoms with E-state index in [9.17, 15) is 4.79 Å². The number of guanidine groups is 1. The summed E-state index contributed by atoms with van der Waals surface area (Å²) in [5, 5.41) is 9.38. The van der Waals surface area contributed by atoms with Crippen LogP contribution in [0.3, 0.4) is 0 Å². The van der Waals surface area contributed by atoms with Crippen molar-refractivity contribution >= 4 is 41.5 Å². The largest absolute Gasteiger partial charge is 0.459 e. The average molecular weight is 498 g/mol. The van der Waals surface area contributed by atoms with E-state index >= 15 is 0 Å². The average Bonchev–Trinajstić information content (AvgIpc) is 3.39. The highest BCUT2D eigenvalue weighted by Gasteiger charge is 2.15. The molecule has 1 saturated heterocycles. The van der Waals surface area contributed by atoms with Crippen LogP contribution < -0.4 is 16.0 Å². The molecule has 0 saturated carbocycles. The first-order valence-corrected chi connectivity index (χ1v) is 9.32. The zero-order chi connectivity index (χ0) is 18.9. The van der Waals surface area contributed by atoms with Crippen LogP contribution >= 0.6 is 24.0 Å². The molecular weight excluding hydrogens is 471 g/mol. The molecule has 152 valence electrons. The van der Waals surface area contributed by atoms with Gasteiger partial charge in [-0.1, -0.05) is 12.1 Å². The number of ether oxygens (including phenoxy) is 1. The van der Waals surface area contributed by atoms with Gasteiger partial charge < -0.3 is 25.1 Å². The maximum atomic E-state index is 12.0. The molecule has 3 rings (SSSR count). The maximum absolute atomic E-state index is 12.0. The summed E-state index contributed by atoms with van der Waals surface area (Å²) in [5.41, 5.74) is 1.77. The molecule has 7 nitrogen and oxygen atoms in total. The molecule has 0 bridgehead atoms. The molecule has 1 fully saturated rings. The fourth-order valence-electron chi connectivity index (χ4n) is 2.82. The summed E-state index contributed by atoms with van der Waals surface area (Å²) < 4.78 is 10.7. The molecule has 1 aromatic carbocycles. The molecule has 2 aromatic rings. The van der Waals surface area contributed by atoms with Gasteiger partial charge in [0.1, 0.15) is 0 Å². The summed E-state index contributed by atoms with van der Waals surface area (Å²) in [6.07, 6.45) is 3.97. The van der Waals surface area contributed by atoms with Crippen LogP contribution in [0.1, 0.15) is 35.9 Å². The fourth-order valence-corrected chi connectivity index (χ4v) is 2.82. The Hall–Kier alpha value is -2.07. The monoisotopic (exact) mass is 498 g/mol. The highest BCUT2D eigenvalue weighted by atomic mass is 127. The molecule has 0 spiro atoms. The summed E-state index contributed by atoms with van der Waals surface area (Å²) in [6, 6.07) is 10.9. The van der Waals surface area contributed by atoms with Crippen molar-refractivity contribution < 1.29 is 13.9 Å². The van der Waals surface area contributed by atoms with Crippen LogP contribution in [0.5, 0.6) is 0 Å². The van der Waals surface area contributed by atoms with E-state index in [4.69, 9.17) is 9.15 Å². The predicted molar refractivity (Wildman–Crippen MR) is 120 cm³/mol. The lowest BCUT2D eigenvalue weighted by Crippen LogP contribution is -2.41. The molecule has 1 aliphatic rings. The van der Waals surface area contributed by atoms with Gasteiger partial charge in [-0.3, -0.25) is 4.79 Å². The van der Waals surface area contributed by atoms with Crippen molar-refractivity contribution in [2.24, 2.45) is 4.99 Å². The fraction of sp³-hybridized carbons (Fsp3) is 0.400. The Morgan fingerprint density at radius 2 is 2.04 bits per heavy atom. The lowest BCUT2D eigenvalue weighted by molar-refractivity contribution is 0.0996. The van der Waals surface area contributed by atoms with Gasteiger partial charge in [-0.05, 0) is 49.6 Å². The van der Waals surface area contributed by atoms with Crippen molar-refractivity contribution in [1.82, 2.24) is 10.6 Å². The van der Waals surface area contributed by atoms with Crippen molar-refractivity contribution in [3.63, 3.8) is 0 Å². The van der Waals surface area contributed by atoms with Gasteiger partial charge in [0.2, 0.25) is 0 Å². The number of amides is 1. The van der Waals surface area contributed by atoms with Gasteiger partial charge in [-0.15, -0.1) is 24.0 Å². The number of carbonyl (C=O) groups excluding carboxylic acids is 1. The Balaban J connectivity index is 0.00000280. The van der Waals surface area contributed by atoms with Gasteiger partial charge in [-0.2, -0.15) is 0 Å². The Bertz CT molecular complexity index is 741. The predicted octanol–water partition coefficient (Wildman–Crippen LogP) is 3.38. The molecule has 1 amide bonds. The molecule has 1 aliphatic heterocycles. The molecule has 0 radical (unpaired) electrons. The number of hydrogen-bond donors (Lipinski definition) is 3. The minimum absolute atomic E-state index is 0. The highest BCUT2D eigenvalue weighted by molar-refractivity contribution is 14.0. The highest BCUT2D eigenvalue weighted by Crippen LogP contribution is 2.13. The summed E-state index contributed by atoms with van der Waals surface area (Å²) >= 11 is 0. The molecule has 1 atom stereocenters. The number of nitrogens with zero attached hydrogens (tertiary/aromatic N) is 1. The van der Waals surface area contributed by atoms with Crippen LogP contribution in [-0.2, 0) is 11.3 Å². The zero-order valence-electron chi connectivity index (χ0n) is 15.9. The van der Waals surface area contributed by atoms with E-state index < -0.39 is 0 Å². The normalized spacial score (nSPS) is 16.3. The maximum Gasteiger partial charge on any atom is 0.291 e. The lowest BCUT2D eigenvalue weighted by Gasteiger charge is -2.14. The third-order valence-corrected chi connectivity index (χ3v) is 4.24. The molecular formula is C20H27IN4O3. The Morgan fingerprint density at radius 3 is 2.68 bits per heavy atom. The van der Waals surface area contributed by atoms with E-state index in [2.05, 4.69) is 20.9 Å². The molecule has 1 aromatic heterocycles. The van der Waals surface area contributed by atoms with E-state index in [0.717, 1.165) is 44.1 Å². The van der Waals surface area contributed by atoms with E-state index in [1.807, 2.05) is 31.2 Å². The number of hydrogen-bond acceptors (Lipinski definition) is 4. The van der Waals surface area contributed by atoms with Crippen LogP contribution in [0.2, 0.25) is 0 Å². The van der Waals surface area contributed by atoms with Crippen LogP contribution in [0.25, 0.3) is 0 Å². The number of rotatable bonds is 7. The standard InChI is InChI=1S/C20H26N4O3.HI/c1-2-21-20(23-14-17-5-3-11-26-17)22-13-15-7-9-16(10-8-15)24-19(25)18-6-4-12-27-18;/h4,6-10,12,17H,2-3,5,11,13-14H2,1H3,(H,24,25)(H2,21,22,23);1H. The Morgan fingerprint density at radius 1 is 1.21 bits per heavy atom. The second-order valence-electron chi connectivity index (χ2n) is 6.34. The van der Waals surface area contributed by atoms with Crippen molar-refractivity contribution in [2.75, 3.05) is 25.0 Å². The minimum Gasteiger partial charge on any atom is -0.459 e. The minimum atomic E-state index is -0.265. The number of benzene rings is 1. The number of aliphatic imine (C=N–C) groups is 1. The van der Waals surface area contributed by atoms with Crippen LogP contribution in [-0.4, -0.2) is 37.7 Å². The second-order valence-corrected chi connectivity index (χ2v) is 6.34. The zero-order valence-corrected chi connectivity index (χ0v) is 18.3. The second kappa shape index (κ2) is 11.7. The van der Waals surface area contributed by atoms with Crippen LogP contribution in [0.4, 0.5) is 5.69 Å². The number of anilines is 1. The van der Waals surface area contributed by atoms with Crippen LogP contribution in [0.15, 0.2) is 52.1 Å². The quantitative estimate of drug-likeness (QED) is 0.310. The van der Waals surface area contributed by atoms with Gasteiger partial charge in [-0.25, -0.2) is 4.99 Å². The third-order valence-electron chi connectivity index (χ3n) is 4.24. The lowest BCUT2D eigenvalue weighted by atomic mass is 10.2. The van der Waals surface area contributed by atoms with Crippen molar-refractivity contribution in [3.05, 3.63) is 54.0 Å². The van der Waals surface area contributed by atoms with Gasteiger partial charge in [0.05, 0.1) is 18.9 Å². The number of halogens is 1. The Labute approximate surface area is 182 Å². The summed E-state index contributed by atoms with van der Waals surface area (Å²) in [7, 11) is 0. The van der Waals surface area contributed by atoms with Gasteiger partial charge in [0, 0.05) is 25.4 Å². The van der Waals surface area contributed by atoms with Gasteiger partial charge in [0.15, 0.2) is 11.7 Å². The van der Waals surface area contributed by atoms with Crippen LogP contribution in [0, 0.1) is 0 Å². The molecule has 8 heteroatoms. The van der Waals surface area contributed by atoms with Crippen molar-refractivity contribution in [2.45, 2.75) is 32.4 Å². The van der Waals surface area contributed by atoms with Crippen molar-refractivity contribution in [3.8, 4) is 0 Å². The summed E-state index contributed by atoms with van der Waals surface area (Å²) in [4.78, 5) is 16.6.